The van der Waals surface area contributed by atoms with Gasteiger partial charge in [-0.15, -0.1) is 22.7 Å². The molecule has 0 aliphatic carbocycles. The number of nitrogens with zero attached hydrogens (tertiary/aromatic N) is 3. The largest absolute Gasteiger partial charge is 0.336 e. The molecule has 0 saturated carbocycles. The van der Waals surface area contributed by atoms with E-state index in [0.29, 0.717) is 23.3 Å². The Morgan fingerprint density at radius 3 is 2.68 bits per heavy atom. The molecule has 0 atom stereocenters. The molecule has 3 heterocycles. The zero-order chi connectivity index (χ0) is 19.3. The summed E-state index contributed by atoms with van der Waals surface area (Å²) in [6.45, 7) is 1.15. The summed E-state index contributed by atoms with van der Waals surface area (Å²) in [5, 5.41) is 4.41. The van der Waals surface area contributed by atoms with Gasteiger partial charge in [0.2, 0.25) is 5.91 Å². The molecule has 0 radical (unpaired) electrons. The second kappa shape index (κ2) is 8.50. The summed E-state index contributed by atoms with van der Waals surface area (Å²) in [7, 11) is 0. The fourth-order valence-electron chi connectivity index (χ4n) is 3.04. The van der Waals surface area contributed by atoms with Gasteiger partial charge in [-0.25, -0.2) is 4.98 Å². The predicted octanol–water partition coefficient (Wildman–Crippen LogP) is 3.79. The Balaban J connectivity index is 1.52. The van der Waals surface area contributed by atoms with Gasteiger partial charge in [-0.1, -0.05) is 36.4 Å². The lowest BCUT2D eigenvalue weighted by Gasteiger charge is -2.22. The summed E-state index contributed by atoms with van der Waals surface area (Å²) in [4.78, 5) is 33.6. The average Bonchev–Trinajstić information content (AvgIpc) is 3.40. The highest BCUT2D eigenvalue weighted by Gasteiger charge is 2.17. The lowest BCUT2D eigenvalue weighted by Crippen LogP contribution is -2.37. The van der Waals surface area contributed by atoms with E-state index in [1.807, 2.05) is 46.0 Å². The van der Waals surface area contributed by atoms with Gasteiger partial charge in [0.1, 0.15) is 11.4 Å². The predicted molar refractivity (Wildman–Crippen MR) is 114 cm³/mol. The van der Waals surface area contributed by atoms with Crippen molar-refractivity contribution in [1.29, 1.82) is 0 Å². The first kappa shape index (κ1) is 18.6. The molecule has 0 saturated heterocycles. The molecule has 4 rings (SSSR count). The summed E-state index contributed by atoms with van der Waals surface area (Å²) in [6.07, 6.45) is 2.24. The lowest BCUT2D eigenvalue weighted by molar-refractivity contribution is -0.132. The molecule has 0 bridgehead atoms. The molecule has 4 aromatic rings. The first-order valence-corrected chi connectivity index (χ1v) is 10.7. The third-order valence-electron chi connectivity index (χ3n) is 4.55. The van der Waals surface area contributed by atoms with Crippen molar-refractivity contribution in [2.45, 2.75) is 19.5 Å². The van der Waals surface area contributed by atoms with Crippen LogP contribution in [0.1, 0.15) is 10.4 Å². The molecule has 1 amide bonds. The topological polar surface area (TPSA) is 55.2 Å². The average molecular weight is 410 g/mol. The van der Waals surface area contributed by atoms with E-state index in [-0.39, 0.29) is 18.0 Å². The molecule has 0 unspecified atom stereocenters. The number of carbonyl (C=O) groups excluding carboxylic acids is 1. The summed E-state index contributed by atoms with van der Waals surface area (Å²) >= 11 is 3.05. The highest BCUT2D eigenvalue weighted by Crippen LogP contribution is 2.15. The van der Waals surface area contributed by atoms with Gasteiger partial charge in [0, 0.05) is 11.4 Å². The molecule has 0 spiro atoms. The number of hydrogen-bond donors (Lipinski definition) is 0. The van der Waals surface area contributed by atoms with Gasteiger partial charge in [0.15, 0.2) is 0 Å². The summed E-state index contributed by atoms with van der Waals surface area (Å²) < 4.78 is 1.40. The molecule has 0 aliphatic heterocycles. The molecule has 3 aromatic heterocycles. The van der Waals surface area contributed by atoms with Gasteiger partial charge in [-0.3, -0.25) is 14.2 Å². The van der Waals surface area contributed by atoms with E-state index in [1.165, 1.54) is 27.8 Å². The number of benzene rings is 1. The Morgan fingerprint density at radius 1 is 1.04 bits per heavy atom. The number of thiophene rings is 2. The van der Waals surface area contributed by atoms with Crippen LogP contribution < -0.4 is 5.56 Å². The van der Waals surface area contributed by atoms with Gasteiger partial charge < -0.3 is 4.90 Å². The van der Waals surface area contributed by atoms with E-state index in [1.54, 1.807) is 17.4 Å². The minimum Gasteiger partial charge on any atom is -0.336 e. The Kier molecular flexibility index (Phi) is 5.64. The summed E-state index contributed by atoms with van der Waals surface area (Å²) in [5.41, 5.74) is 1.02. The zero-order valence-corrected chi connectivity index (χ0v) is 16.8. The number of hydrogen-bond acceptors (Lipinski definition) is 5. The van der Waals surface area contributed by atoms with Gasteiger partial charge in [0.05, 0.1) is 18.3 Å². The normalized spacial score (nSPS) is 11.0. The Morgan fingerprint density at radius 2 is 1.89 bits per heavy atom. The first-order chi connectivity index (χ1) is 13.7. The summed E-state index contributed by atoms with van der Waals surface area (Å²) in [5.74, 6) is -0.0807. The lowest BCUT2D eigenvalue weighted by atomic mass is 10.1. The molecular weight excluding hydrogens is 390 g/mol. The Labute approximate surface area is 170 Å². The fraction of sp³-hybridized carbons (Fsp3) is 0.190. The zero-order valence-electron chi connectivity index (χ0n) is 15.2. The van der Waals surface area contributed by atoms with Crippen molar-refractivity contribution in [2.75, 3.05) is 6.54 Å². The SMILES string of the molecule is O=C(Cn1cnc2sccc2c1=O)N(CCc1ccccc1)Cc1cccs1. The minimum absolute atomic E-state index is 0.00220. The number of carbonyl (C=O) groups is 1. The van der Waals surface area contributed by atoms with E-state index >= 15 is 0 Å². The van der Waals surface area contributed by atoms with Crippen LogP contribution in [-0.4, -0.2) is 26.9 Å². The van der Waals surface area contributed by atoms with Gasteiger partial charge in [0.25, 0.3) is 5.56 Å². The van der Waals surface area contributed by atoms with E-state index < -0.39 is 0 Å². The van der Waals surface area contributed by atoms with Crippen LogP contribution in [0.3, 0.4) is 0 Å². The third-order valence-corrected chi connectivity index (χ3v) is 6.23. The second-order valence-electron chi connectivity index (χ2n) is 6.45. The third kappa shape index (κ3) is 4.21. The van der Waals surface area contributed by atoms with Crippen molar-refractivity contribution < 1.29 is 4.79 Å². The number of amides is 1. The number of fused-ring (bicyclic) bond motifs is 1. The van der Waals surface area contributed by atoms with Crippen LogP contribution in [0.25, 0.3) is 10.2 Å². The molecule has 5 nitrogen and oxygen atoms in total. The number of rotatable bonds is 7. The molecule has 142 valence electrons. The van der Waals surface area contributed by atoms with Crippen molar-refractivity contribution in [3.05, 3.63) is 86.4 Å². The maximum atomic E-state index is 13.0. The van der Waals surface area contributed by atoms with Crippen LogP contribution >= 0.6 is 22.7 Å². The molecular formula is C21H19N3O2S2. The second-order valence-corrected chi connectivity index (χ2v) is 8.37. The molecule has 28 heavy (non-hydrogen) atoms. The van der Waals surface area contributed by atoms with Crippen molar-refractivity contribution >= 4 is 38.8 Å². The van der Waals surface area contributed by atoms with Crippen LogP contribution in [-0.2, 0) is 24.3 Å². The smallest absolute Gasteiger partial charge is 0.262 e. The highest BCUT2D eigenvalue weighted by molar-refractivity contribution is 7.16. The van der Waals surface area contributed by atoms with Crippen molar-refractivity contribution in [2.24, 2.45) is 0 Å². The first-order valence-electron chi connectivity index (χ1n) is 8.97. The monoisotopic (exact) mass is 409 g/mol. The molecule has 0 N–H and O–H groups in total. The molecule has 0 fully saturated rings. The van der Waals surface area contributed by atoms with Crippen LogP contribution in [0, 0.1) is 0 Å². The van der Waals surface area contributed by atoms with Gasteiger partial charge in [-0.05, 0) is 34.9 Å². The van der Waals surface area contributed by atoms with Crippen molar-refractivity contribution in [3.63, 3.8) is 0 Å². The van der Waals surface area contributed by atoms with Crippen LogP contribution in [0.2, 0.25) is 0 Å². The van der Waals surface area contributed by atoms with E-state index in [2.05, 4.69) is 17.1 Å². The van der Waals surface area contributed by atoms with Gasteiger partial charge in [-0.2, -0.15) is 0 Å². The molecule has 0 aliphatic rings. The van der Waals surface area contributed by atoms with Crippen LogP contribution in [0.15, 0.2) is 70.4 Å². The standard InChI is InChI=1S/C21H19N3O2S2/c25-19(14-24-15-22-20-18(21(24)26)9-12-28-20)23(13-17-7-4-11-27-17)10-8-16-5-2-1-3-6-16/h1-7,9,11-12,15H,8,10,13-14H2. The minimum atomic E-state index is -0.168. The van der Waals surface area contributed by atoms with E-state index in [9.17, 15) is 9.59 Å². The van der Waals surface area contributed by atoms with E-state index in [4.69, 9.17) is 0 Å². The van der Waals surface area contributed by atoms with Crippen LogP contribution in [0.4, 0.5) is 0 Å². The molecule has 7 heteroatoms. The highest BCUT2D eigenvalue weighted by atomic mass is 32.1. The van der Waals surface area contributed by atoms with Crippen molar-refractivity contribution in [3.8, 4) is 0 Å². The fourth-order valence-corrected chi connectivity index (χ4v) is 4.49. The van der Waals surface area contributed by atoms with E-state index in [0.717, 1.165) is 11.3 Å². The maximum Gasteiger partial charge on any atom is 0.262 e. The van der Waals surface area contributed by atoms with Crippen LogP contribution in [0.5, 0.6) is 0 Å². The summed E-state index contributed by atoms with van der Waals surface area (Å²) in [6, 6.07) is 15.9. The maximum absolute atomic E-state index is 13.0. The van der Waals surface area contributed by atoms with Gasteiger partial charge >= 0.3 is 0 Å². The Bertz CT molecular complexity index is 1120. The Hall–Kier alpha value is -2.77. The number of aromatic nitrogens is 2. The quantitative estimate of drug-likeness (QED) is 0.467. The van der Waals surface area contributed by atoms with Crippen molar-refractivity contribution in [1.82, 2.24) is 14.5 Å². The molecule has 1 aromatic carbocycles.